The van der Waals surface area contributed by atoms with E-state index in [4.69, 9.17) is 4.74 Å². The van der Waals surface area contributed by atoms with Crippen LogP contribution < -0.4 is 4.74 Å². The molecule has 1 rings (SSSR count). The Morgan fingerprint density at radius 3 is 1.93 bits per heavy atom. The van der Waals surface area contributed by atoms with Crippen LogP contribution in [-0.2, 0) is 2.14 Å². The molecule has 0 N–H and O–H groups in total. The highest BCUT2D eigenvalue weighted by molar-refractivity contribution is 9.38. The molecule has 0 spiro atoms. The third kappa shape index (κ3) is 3.91. The summed E-state index contributed by atoms with van der Waals surface area (Å²) in [5, 5.41) is 0. The van der Waals surface area contributed by atoms with Crippen LogP contribution in [0.25, 0.3) is 0 Å². The second-order valence-corrected chi connectivity index (χ2v) is 9.95. The first-order valence-electron chi connectivity index (χ1n) is 4.23. The van der Waals surface area contributed by atoms with E-state index in [0.29, 0.717) is 0 Å². The predicted octanol–water partition coefficient (Wildman–Crippen LogP) is 4.77. The Morgan fingerprint density at radius 2 is 1.57 bits per heavy atom. The lowest BCUT2D eigenvalue weighted by molar-refractivity contribution is 0.242. The number of rotatable bonds is 2. The molecule has 0 aliphatic rings. The molecule has 0 amide bonds. The van der Waals surface area contributed by atoms with Crippen LogP contribution in [0.2, 0.25) is 0 Å². The summed E-state index contributed by atoms with van der Waals surface area (Å²) in [6, 6.07) is 7.90. The Labute approximate surface area is 110 Å². The van der Waals surface area contributed by atoms with Crippen molar-refractivity contribution in [2.45, 2.75) is 22.1 Å². The molecule has 0 aliphatic carbocycles. The summed E-state index contributed by atoms with van der Waals surface area (Å²) in [4.78, 5) is 0. The fourth-order valence-corrected chi connectivity index (χ4v) is 1.79. The van der Waals surface area contributed by atoms with Crippen LogP contribution in [0.1, 0.15) is 19.4 Å². The van der Waals surface area contributed by atoms with Crippen LogP contribution in [0, 0.1) is 0 Å². The maximum atomic E-state index is 5.54. The van der Waals surface area contributed by atoms with Crippen molar-refractivity contribution in [3.63, 3.8) is 0 Å². The first-order chi connectivity index (χ1) is 6.39. The molecule has 0 atom stereocenters. The third-order valence-electron chi connectivity index (χ3n) is 1.55. The molecular weight excluding hydrogens is 376 g/mol. The average Bonchev–Trinajstić information content (AvgIpc) is 2.02. The lowest BCUT2D eigenvalue weighted by atomic mass is 10.2. The molecule has 0 heterocycles. The zero-order valence-corrected chi connectivity index (χ0v) is 12.7. The average molecular weight is 387 g/mol. The van der Waals surface area contributed by atoms with E-state index in [1.165, 1.54) is 0 Å². The van der Waals surface area contributed by atoms with E-state index in [1.54, 1.807) is 0 Å². The minimum Gasteiger partial charge on any atom is -0.491 e. The van der Waals surface area contributed by atoms with E-state index in [1.807, 2.05) is 38.1 Å². The SMILES string of the molecule is CC(C)Oc1ccc(C(Br)(Br)Br)cc1. The van der Waals surface area contributed by atoms with Crippen molar-refractivity contribution in [3.8, 4) is 5.75 Å². The summed E-state index contributed by atoms with van der Waals surface area (Å²) in [7, 11) is 0. The van der Waals surface area contributed by atoms with E-state index < -0.39 is 0 Å². The van der Waals surface area contributed by atoms with E-state index >= 15 is 0 Å². The van der Waals surface area contributed by atoms with E-state index in [0.717, 1.165) is 11.3 Å². The summed E-state index contributed by atoms with van der Waals surface area (Å²) in [6.07, 6.45) is 0.211. The summed E-state index contributed by atoms with van der Waals surface area (Å²) in [5.41, 5.74) is 1.09. The number of hydrogen-bond acceptors (Lipinski definition) is 1. The Bertz CT molecular complexity index is 287. The summed E-state index contributed by atoms with van der Waals surface area (Å²) >= 11 is 10.4. The van der Waals surface area contributed by atoms with Gasteiger partial charge in [-0.05, 0) is 31.5 Å². The summed E-state index contributed by atoms with van der Waals surface area (Å²) < 4.78 is 5.19. The highest BCUT2D eigenvalue weighted by Crippen LogP contribution is 2.44. The standard InChI is InChI=1S/C10H11Br3O/c1-7(2)14-9-5-3-8(4-6-9)10(11,12)13/h3-7H,1-2H3. The van der Waals surface area contributed by atoms with Crippen molar-refractivity contribution in [2.24, 2.45) is 0 Å². The molecule has 0 aliphatic heterocycles. The molecule has 0 aromatic heterocycles. The molecule has 0 saturated heterocycles. The predicted molar refractivity (Wildman–Crippen MR) is 70.7 cm³/mol. The van der Waals surface area contributed by atoms with Gasteiger partial charge in [0.05, 0.1) is 6.10 Å². The Kier molecular flexibility index (Phi) is 4.47. The summed E-state index contributed by atoms with van der Waals surface area (Å²) in [5.74, 6) is 0.889. The van der Waals surface area contributed by atoms with Crippen molar-refractivity contribution in [3.05, 3.63) is 29.8 Å². The first kappa shape index (κ1) is 12.5. The Hall–Kier alpha value is 0.460. The van der Waals surface area contributed by atoms with Gasteiger partial charge in [-0.3, -0.25) is 0 Å². The molecule has 1 aromatic carbocycles. The third-order valence-corrected chi connectivity index (χ3v) is 2.93. The van der Waals surface area contributed by atoms with Gasteiger partial charge in [0.1, 0.15) is 5.75 Å². The zero-order valence-electron chi connectivity index (χ0n) is 7.93. The smallest absolute Gasteiger partial charge is 0.159 e. The maximum absolute atomic E-state index is 5.54. The molecular formula is C10H11Br3O. The van der Waals surface area contributed by atoms with Gasteiger partial charge in [0.2, 0.25) is 0 Å². The van der Waals surface area contributed by atoms with Crippen molar-refractivity contribution >= 4 is 47.8 Å². The van der Waals surface area contributed by atoms with Gasteiger partial charge in [0.15, 0.2) is 2.14 Å². The van der Waals surface area contributed by atoms with Crippen molar-refractivity contribution in [2.75, 3.05) is 0 Å². The Morgan fingerprint density at radius 1 is 1.07 bits per heavy atom. The van der Waals surface area contributed by atoms with Crippen LogP contribution in [-0.4, -0.2) is 6.10 Å². The number of alkyl halides is 3. The van der Waals surface area contributed by atoms with Crippen molar-refractivity contribution in [1.29, 1.82) is 0 Å². The fourth-order valence-electron chi connectivity index (χ4n) is 0.995. The van der Waals surface area contributed by atoms with Gasteiger partial charge in [0.25, 0.3) is 0 Å². The maximum Gasteiger partial charge on any atom is 0.159 e. The van der Waals surface area contributed by atoms with Crippen LogP contribution in [0.15, 0.2) is 24.3 Å². The van der Waals surface area contributed by atoms with Gasteiger partial charge in [-0.2, -0.15) is 0 Å². The molecule has 0 bridgehead atoms. The monoisotopic (exact) mass is 384 g/mol. The number of halogens is 3. The van der Waals surface area contributed by atoms with Crippen LogP contribution in [0.3, 0.4) is 0 Å². The van der Waals surface area contributed by atoms with Gasteiger partial charge >= 0.3 is 0 Å². The van der Waals surface area contributed by atoms with Crippen molar-refractivity contribution < 1.29 is 4.74 Å². The van der Waals surface area contributed by atoms with E-state index in [2.05, 4.69) is 47.8 Å². The number of benzene rings is 1. The molecule has 4 heteroatoms. The largest absolute Gasteiger partial charge is 0.491 e. The van der Waals surface area contributed by atoms with E-state index in [9.17, 15) is 0 Å². The van der Waals surface area contributed by atoms with Gasteiger partial charge in [0, 0.05) is 0 Å². The highest BCUT2D eigenvalue weighted by Gasteiger charge is 2.20. The minimum absolute atomic E-state index is 0.211. The molecule has 0 radical (unpaired) electrons. The molecule has 0 unspecified atom stereocenters. The highest BCUT2D eigenvalue weighted by atomic mass is 80.0. The molecule has 1 nitrogen and oxygen atoms in total. The van der Waals surface area contributed by atoms with Crippen molar-refractivity contribution in [1.82, 2.24) is 0 Å². The van der Waals surface area contributed by atoms with Crippen LogP contribution in [0.4, 0.5) is 0 Å². The molecule has 0 fully saturated rings. The van der Waals surface area contributed by atoms with Gasteiger partial charge < -0.3 is 4.74 Å². The minimum atomic E-state index is -0.344. The number of hydrogen-bond donors (Lipinski definition) is 0. The van der Waals surface area contributed by atoms with Crippen LogP contribution in [0.5, 0.6) is 5.75 Å². The number of ether oxygens (including phenoxy) is 1. The second-order valence-electron chi connectivity index (χ2n) is 3.19. The summed E-state index contributed by atoms with van der Waals surface area (Å²) in [6.45, 7) is 4.02. The van der Waals surface area contributed by atoms with E-state index in [-0.39, 0.29) is 8.25 Å². The fraction of sp³-hybridized carbons (Fsp3) is 0.400. The first-order valence-corrected chi connectivity index (χ1v) is 6.61. The lowest BCUT2D eigenvalue weighted by Gasteiger charge is -2.14. The topological polar surface area (TPSA) is 9.23 Å². The lowest BCUT2D eigenvalue weighted by Crippen LogP contribution is -2.05. The van der Waals surface area contributed by atoms with Gasteiger partial charge in [-0.1, -0.05) is 59.9 Å². The molecule has 1 aromatic rings. The van der Waals surface area contributed by atoms with Crippen LogP contribution >= 0.6 is 47.8 Å². The quantitative estimate of drug-likeness (QED) is 0.665. The van der Waals surface area contributed by atoms with Gasteiger partial charge in [-0.25, -0.2) is 0 Å². The Balaban J connectivity index is 2.79. The normalized spacial score (nSPS) is 11.9. The molecule has 14 heavy (non-hydrogen) atoms. The van der Waals surface area contributed by atoms with Gasteiger partial charge in [-0.15, -0.1) is 0 Å². The zero-order chi connectivity index (χ0) is 10.8. The molecule has 78 valence electrons. The molecule has 0 saturated carbocycles. The second kappa shape index (κ2) is 4.99.